The highest BCUT2D eigenvalue weighted by Crippen LogP contribution is 2.61. The molecular formula is C69H42B2N4O3S. The van der Waals surface area contributed by atoms with E-state index < -0.39 is 0 Å². The predicted molar refractivity (Wildman–Crippen MR) is 322 cm³/mol. The topological polar surface area (TPSA) is 40.7 Å². The molecule has 0 radical (unpaired) electrons. The Hall–Kier alpha value is -9.50. The molecule has 1 unspecified atom stereocenters. The van der Waals surface area contributed by atoms with E-state index in [0.717, 1.165) is 75.0 Å². The fraction of sp³-hybridized carbons (Fsp3) is 0.0435. The second-order valence-electron chi connectivity index (χ2n) is 22.0. The number of para-hydroxylation sites is 10. The number of benzene rings is 11. The molecule has 11 aromatic rings. The van der Waals surface area contributed by atoms with Gasteiger partial charge < -0.3 is 33.6 Å². The molecule has 7 nitrogen and oxygen atoms in total. The van der Waals surface area contributed by atoms with Gasteiger partial charge >= 0.3 is 13.7 Å². The van der Waals surface area contributed by atoms with Crippen molar-refractivity contribution in [1.29, 1.82) is 0 Å². The van der Waals surface area contributed by atoms with Crippen molar-refractivity contribution in [2.24, 2.45) is 0 Å². The van der Waals surface area contributed by atoms with E-state index in [0.29, 0.717) is 0 Å². The SMILES string of the molecule is CC(Cc1ccc2c(c1)Sc1cccc3c1N2B1c2cccc4c2N(c2ccccc2O4)c2cc(-c4ccccc4)cc-3c21)c1cc2c3c(c1)N1c4ccccc4Oc4cccc(c41)B3N1c3ccccc3Oc3cccc-2c31. The van der Waals surface area contributed by atoms with Crippen LogP contribution in [-0.4, -0.2) is 13.7 Å². The molecule has 19 rings (SSSR count). The number of hydrogen-bond acceptors (Lipinski definition) is 8. The van der Waals surface area contributed by atoms with Gasteiger partial charge in [-0.25, -0.2) is 0 Å². The molecule has 0 saturated carbocycles. The Bertz CT molecular complexity index is 4590. The lowest BCUT2D eigenvalue weighted by Gasteiger charge is -2.49. The molecule has 8 aliphatic heterocycles. The van der Waals surface area contributed by atoms with Crippen molar-refractivity contribution in [2.45, 2.75) is 29.1 Å². The van der Waals surface area contributed by atoms with Gasteiger partial charge in [0.25, 0.3) is 0 Å². The summed E-state index contributed by atoms with van der Waals surface area (Å²) in [5, 5.41) is 0. The lowest BCUT2D eigenvalue weighted by Crippen LogP contribution is -2.62. The maximum atomic E-state index is 6.80. The van der Waals surface area contributed by atoms with Crippen LogP contribution in [0.4, 0.5) is 56.9 Å². The van der Waals surface area contributed by atoms with Gasteiger partial charge in [0, 0.05) is 38.0 Å². The molecule has 0 fully saturated rings. The Morgan fingerprint density at radius 2 is 0.911 bits per heavy atom. The van der Waals surface area contributed by atoms with Crippen LogP contribution >= 0.6 is 11.8 Å². The molecule has 8 heterocycles. The van der Waals surface area contributed by atoms with E-state index in [4.69, 9.17) is 14.2 Å². The van der Waals surface area contributed by atoms with Gasteiger partial charge in [-0.05, 0) is 159 Å². The fourth-order valence-electron chi connectivity index (χ4n) is 14.6. The predicted octanol–water partition coefficient (Wildman–Crippen LogP) is 15.9. The van der Waals surface area contributed by atoms with Crippen molar-refractivity contribution in [3.63, 3.8) is 0 Å². The van der Waals surface area contributed by atoms with Gasteiger partial charge in [-0.2, -0.15) is 0 Å². The van der Waals surface area contributed by atoms with Crippen molar-refractivity contribution in [3.05, 3.63) is 230 Å². The summed E-state index contributed by atoms with van der Waals surface area (Å²) in [7, 11) is 0. The van der Waals surface area contributed by atoms with E-state index >= 15 is 0 Å². The molecule has 10 heteroatoms. The summed E-state index contributed by atoms with van der Waals surface area (Å²) in [5.41, 5.74) is 26.4. The van der Waals surface area contributed by atoms with Gasteiger partial charge in [0.2, 0.25) is 0 Å². The zero-order valence-electron chi connectivity index (χ0n) is 42.6. The van der Waals surface area contributed by atoms with E-state index in [1.165, 1.54) is 98.9 Å². The van der Waals surface area contributed by atoms with Crippen molar-refractivity contribution in [1.82, 2.24) is 0 Å². The minimum absolute atomic E-state index is 0.0984. The number of anilines is 10. The molecule has 0 aromatic heterocycles. The Morgan fingerprint density at radius 1 is 0.380 bits per heavy atom. The molecule has 1 atom stereocenters. The normalized spacial score (nSPS) is 15.0. The average Bonchev–Trinajstić information content (AvgIpc) is 3.45. The summed E-state index contributed by atoms with van der Waals surface area (Å²) < 4.78 is 20.4. The monoisotopic (exact) mass is 1030 g/mol. The van der Waals surface area contributed by atoms with E-state index in [9.17, 15) is 0 Å². The number of rotatable bonds is 4. The standard InChI is InChI=1S/C69H42B2N4O3S/c1-39(42-35-46-44-17-11-27-59-66(44)74(52-23-7-10-26-58(52)78-59)70-48-19-13-28-60-68(48)72(54(37-42)64(46)70)50-21-5-8-24-56(50)76-60)33-40-31-32-53-63(34-40)79-62-30-12-18-45-47-36-43(41-15-3-2-4-16-41)38-55-65(47)71(75(53)67(45)62)49-20-14-29-61-69(49)73(55)51-22-6-9-25-57(51)77-61/h2-32,34-39H,33H2,1H3. The van der Waals surface area contributed by atoms with Gasteiger partial charge in [-0.1, -0.05) is 146 Å². The molecule has 0 spiro atoms. The first-order chi connectivity index (χ1) is 39.1. The van der Waals surface area contributed by atoms with Crippen molar-refractivity contribution >= 4 is 104 Å². The number of hydrogen-bond donors (Lipinski definition) is 0. The number of nitrogens with zero attached hydrogens (tertiary/aromatic N) is 4. The zero-order valence-corrected chi connectivity index (χ0v) is 43.5. The number of ether oxygens (including phenoxy) is 3. The summed E-state index contributed by atoms with van der Waals surface area (Å²) in [5.74, 6) is 5.36. The lowest BCUT2D eigenvalue weighted by molar-refractivity contribution is 0.477. The van der Waals surface area contributed by atoms with Gasteiger partial charge in [0.1, 0.15) is 5.75 Å². The Labute approximate surface area is 461 Å². The number of fused-ring (bicyclic) bond motifs is 16. The van der Waals surface area contributed by atoms with Crippen LogP contribution in [0.3, 0.4) is 0 Å². The summed E-state index contributed by atoms with van der Waals surface area (Å²) in [6, 6.07) is 80.1. The third-order valence-electron chi connectivity index (χ3n) is 17.8. The molecule has 8 aliphatic rings. The van der Waals surface area contributed by atoms with E-state index in [2.05, 4.69) is 245 Å². The van der Waals surface area contributed by atoms with Crippen LogP contribution in [0.1, 0.15) is 24.0 Å². The molecule has 0 N–H and O–H groups in total. The summed E-state index contributed by atoms with van der Waals surface area (Å²) in [4.78, 5) is 12.7. The molecule has 0 bridgehead atoms. The van der Waals surface area contributed by atoms with Gasteiger partial charge in [-0.15, -0.1) is 0 Å². The Kier molecular flexibility index (Phi) is 8.29. The molecule has 79 heavy (non-hydrogen) atoms. The average molecular weight is 1030 g/mol. The summed E-state index contributed by atoms with van der Waals surface area (Å²) in [6.07, 6.45) is 0.857. The first kappa shape index (κ1) is 42.6. The van der Waals surface area contributed by atoms with Crippen LogP contribution in [0.25, 0.3) is 33.4 Å². The third kappa shape index (κ3) is 5.60. The second-order valence-corrected chi connectivity index (χ2v) is 23.0. The van der Waals surface area contributed by atoms with Crippen molar-refractivity contribution in [2.75, 3.05) is 19.4 Å². The molecule has 368 valence electrons. The molecular weight excluding hydrogens is 986 g/mol. The molecule has 0 aliphatic carbocycles. The Balaban J connectivity index is 0.761. The maximum Gasteiger partial charge on any atom is 0.333 e. The zero-order chi connectivity index (χ0) is 51.4. The third-order valence-corrected chi connectivity index (χ3v) is 18.9. The van der Waals surface area contributed by atoms with Crippen LogP contribution in [0.5, 0.6) is 34.5 Å². The van der Waals surface area contributed by atoms with Gasteiger partial charge in [0.15, 0.2) is 28.7 Å². The van der Waals surface area contributed by atoms with Crippen LogP contribution in [-0.2, 0) is 6.42 Å². The van der Waals surface area contributed by atoms with Crippen LogP contribution in [0.2, 0.25) is 0 Å². The van der Waals surface area contributed by atoms with E-state index in [1.807, 2.05) is 11.8 Å². The minimum Gasteiger partial charge on any atom is -0.453 e. The lowest BCUT2D eigenvalue weighted by atomic mass is 9.43. The highest BCUT2D eigenvalue weighted by molar-refractivity contribution is 7.99. The van der Waals surface area contributed by atoms with Crippen LogP contribution in [0.15, 0.2) is 228 Å². The smallest absolute Gasteiger partial charge is 0.333 e. The molecule has 0 saturated heterocycles. The largest absolute Gasteiger partial charge is 0.453 e. The Morgan fingerprint density at radius 3 is 1.59 bits per heavy atom. The minimum atomic E-state index is -0.116. The molecule has 0 amide bonds. The molecule has 11 aromatic carbocycles. The quantitative estimate of drug-likeness (QED) is 0.162. The summed E-state index contributed by atoms with van der Waals surface area (Å²) >= 11 is 1.90. The van der Waals surface area contributed by atoms with Gasteiger partial charge in [-0.3, -0.25) is 0 Å². The maximum absolute atomic E-state index is 6.80. The van der Waals surface area contributed by atoms with Crippen molar-refractivity contribution < 1.29 is 14.2 Å². The first-order valence-electron chi connectivity index (χ1n) is 27.3. The fourth-order valence-corrected chi connectivity index (χ4v) is 15.7. The second kappa shape index (κ2) is 15.4. The highest BCUT2D eigenvalue weighted by Gasteiger charge is 2.52. The van der Waals surface area contributed by atoms with E-state index in [-0.39, 0.29) is 19.6 Å². The van der Waals surface area contributed by atoms with E-state index in [1.54, 1.807) is 0 Å². The van der Waals surface area contributed by atoms with Crippen LogP contribution < -0.4 is 55.5 Å². The highest BCUT2D eigenvalue weighted by atomic mass is 32.2. The first-order valence-corrected chi connectivity index (χ1v) is 28.2. The summed E-state index contributed by atoms with van der Waals surface area (Å²) in [6.45, 7) is 2.19. The van der Waals surface area contributed by atoms with Crippen LogP contribution in [0, 0.1) is 0 Å². The van der Waals surface area contributed by atoms with Gasteiger partial charge in [0.05, 0.1) is 39.8 Å². The van der Waals surface area contributed by atoms with Crippen molar-refractivity contribution in [3.8, 4) is 67.9 Å².